The van der Waals surface area contributed by atoms with Crippen LogP contribution in [0.5, 0.6) is 0 Å². The Kier molecular flexibility index (Phi) is 4.39. The number of hydrogen-bond donors (Lipinski definition) is 2. The third-order valence-electron chi connectivity index (χ3n) is 2.79. The van der Waals surface area contributed by atoms with Crippen LogP contribution in [-0.2, 0) is 10.5 Å². The highest BCUT2D eigenvalue weighted by Crippen LogP contribution is 2.26. The van der Waals surface area contributed by atoms with Crippen molar-refractivity contribution in [1.82, 2.24) is 4.98 Å². The SMILES string of the molecule is N=C(N)c1ncccc1CSC1CCOCC1. The Morgan fingerprint density at radius 1 is 1.53 bits per heavy atom. The minimum absolute atomic E-state index is 0.0492. The first-order chi connectivity index (χ1) is 8.27. The Morgan fingerprint density at radius 3 is 3.00 bits per heavy atom. The second kappa shape index (κ2) is 6.02. The number of ether oxygens (including phenoxy) is 1. The van der Waals surface area contributed by atoms with Crippen molar-refractivity contribution in [2.45, 2.75) is 23.8 Å². The Labute approximate surface area is 105 Å². The first kappa shape index (κ1) is 12.4. The fourth-order valence-electron chi connectivity index (χ4n) is 1.85. The number of nitrogens with one attached hydrogen (secondary N) is 1. The van der Waals surface area contributed by atoms with Gasteiger partial charge < -0.3 is 10.5 Å². The molecule has 1 saturated heterocycles. The molecule has 0 spiro atoms. The van der Waals surface area contributed by atoms with Gasteiger partial charge in [-0.2, -0.15) is 11.8 Å². The van der Waals surface area contributed by atoms with Crippen molar-refractivity contribution >= 4 is 17.6 Å². The van der Waals surface area contributed by atoms with Crippen molar-refractivity contribution < 1.29 is 4.74 Å². The molecule has 0 unspecified atom stereocenters. The molecule has 1 aromatic heterocycles. The van der Waals surface area contributed by atoms with Gasteiger partial charge in [0.05, 0.1) is 0 Å². The summed E-state index contributed by atoms with van der Waals surface area (Å²) in [5.74, 6) is 0.918. The van der Waals surface area contributed by atoms with Crippen molar-refractivity contribution in [3.8, 4) is 0 Å². The van der Waals surface area contributed by atoms with Gasteiger partial charge in [0.25, 0.3) is 0 Å². The number of nitrogens with zero attached hydrogens (tertiary/aromatic N) is 1. The molecule has 0 aromatic carbocycles. The van der Waals surface area contributed by atoms with E-state index in [4.69, 9.17) is 15.9 Å². The molecular weight excluding hydrogens is 234 g/mol. The fraction of sp³-hybridized carbons (Fsp3) is 0.500. The first-order valence-electron chi connectivity index (χ1n) is 5.75. The van der Waals surface area contributed by atoms with Crippen molar-refractivity contribution in [1.29, 1.82) is 5.41 Å². The maximum atomic E-state index is 7.49. The molecule has 5 heteroatoms. The van der Waals surface area contributed by atoms with E-state index < -0.39 is 0 Å². The molecule has 4 nitrogen and oxygen atoms in total. The number of nitrogens with two attached hydrogens (primary N) is 1. The van der Waals surface area contributed by atoms with Gasteiger partial charge in [-0.3, -0.25) is 10.4 Å². The van der Waals surface area contributed by atoms with E-state index in [1.54, 1.807) is 6.20 Å². The van der Waals surface area contributed by atoms with E-state index in [2.05, 4.69) is 4.98 Å². The summed E-state index contributed by atoms with van der Waals surface area (Å²) in [4.78, 5) is 4.15. The topological polar surface area (TPSA) is 72.0 Å². The second-order valence-corrected chi connectivity index (χ2v) is 5.34. The summed E-state index contributed by atoms with van der Waals surface area (Å²) in [6.45, 7) is 1.73. The van der Waals surface area contributed by atoms with Crippen LogP contribution in [0.3, 0.4) is 0 Å². The van der Waals surface area contributed by atoms with Gasteiger partial charge in [-0.05, 0) is 24.5 Å². The minimum Gasteiger partial charge on any atom is -0.382 e. The van der Waals surface area contributed by atoms with Gasteiger partial charge in [0.2, 0.25) is 0 Å². The molecule has 2 heterocycles. The molecule has 17 heavy (non-hydrogen) atoms. The largest absolute Gasteiger partial charge is 0.382 e. The van der Waals surface area contributed by atoms with E-state index >= 15 is 0 Å². The summed E-state index contributed by atoms with van der Waals surface area (Å²) in [6.07, 6.45) is 3.90. The van der Waals surface area contributed by atoms with Gasteiger partial charge in [-0.1, -0.05) is 6.07 Å². The quantitative estimate of drug-likeness (QED) is 0.632. The molecule has 3 N–H and O–H groups in total. The molecule has 0 radical (unpaired) electrons. The molecule has 0 amide bonds. The van der Waals surface area contributed by atoms with Crippen LogP contribution in [0.2, 0.25) is 0 Å². The number of pyridine rings is 1. The monoisotopic (exact) mass is 251 g/mol. The van der Waals surface area contributed by atoms with Gasteiger partial charge in [0.1, 0.15) is 11.5 Å². The van der Waals surface area contributed by atoms with Crippen LogP contribution < -0.4 is 5.73 Å². The molecule has 0 aliphatic carbocycles. The van der Waals surface area contributed by atoms with Gasteiger partial charge in [0, 0.05) is 30.4 Å². The zero-order valence-corrected chi connectivity index (χ0v) is 10.5. The van der Waals surface area contributed by atoms with Crippen molar-refractivity contribution in [3.05, 3.63) is 29.6 Å². The molecule has 1 aliphatic rings. The summed E-state index contributed by atoms with van der Waals surface area (Å²) >= 11 is 1.91. The van der Waals surface area contributed by atoms with Crippen LogP contribution in [0, 0.1) is 5.41 Å². The van der Waals surface area contributed by atoms with Crippen molar-refractivity contribution in [2.75, 3.05) is 13.2 Å². The van der Waals surface area contributed by atoms with Crippen LogP contribution in [-0.4, -0.2) is 29.3 Å². The summed E-state index contributed by atoms with van der Waals surface area (Å²) in [5, 5.41) is 8.14. The van der Waals surface area contributed by atoms with E-state index in [9.17, 15) is 0 Å². The maximum Gasteiger partial charge on any atom is 0.142 e. The summed E-state index contributed by atoms with van der Waals surface area (Å²) in [7, 11) is 0. The van der Waals surface area contributed by atoms with Crippen molar-refractivity contribution in [3.63, 3.8) is 0 Å². The molecular formula is C12H17N3OS. The fourth-order valence-corrected chi connectivity index (χ4v) is 3.02. The molecule has 2 rings (SSSR count). The lowest BCUT2D eigenvalue weighted by Crippen LogP contribution is -2.19. The summed E-state index contributed by atoms with van der Waals surface area (Å²) in [6, 6.07) is 3.89. The van der Waals surface area contributed by atoms with Crippen LogP contribution in [0.1, 0.15) is 24.1 Å². The predicted molar refractivity (Wildman–Crippen MR) is 70.4 cm³/mol. The lowest BCUT2D eigenvalue weighted by Gasteiger charge is -2.21. The van der Waals surface area contributed by atoms with Crippen LogP contribution in [0.4, 0.5) is 0 Å². The summed E-state index contributed by atoms with van der Waals surface area (Å²) < 4.78 is 5.33. The summed E-state index contributed by atoms with van der Waals surface area (Å²) in [5.41, 5.74) is 7.18. The number of nitrogen functional groups attached to an aromatic ring is 1. The third kappa shape index (κ3) is 3.44. The Hall–Kier alpha value is -1.07. The lowest BCUT2D eigenvalue weighted by atomic mass is 10.2. The molecule has 1 aromatic rings. The maximum absolute atomic E-state index is 7.49. The number of aromatic nitrogens is 1. The number of rotatable bonds is 4. The zero-order chi connectivity index (χ0) is 12.1. The van der Waals surface area contributed by atoms with Gasteiger partial charge in [0.15, 0.2) is 0 Å². The standard InChI is InChI=1S/C12H17N3OS/c13-12(14)11-9(2-1-5-15-11)8-17-10-3-6-16-7-4-10/h1-2,5,10H,3-4,6-8H2,(H3,13,14). The first-order valence-corrected chi connectivity index (χ1v) is 6.80. The Balaban J connectivity index is 1.96. The van der Waals surface area contributed by atoms with E-state index in [0.29, 0.717) is 10.9 Å². The minimum atomic E-state index is 0.0492. The number of amidine groups is 1. The molecule has 0 bridgehead atoms. The van der Waals surface area contributed by atoms with Crippen molar-refractivity contribution in [2.24, 2.45) is 5.73 Å². The van der Waals surface area contributed by atoms with Crippen LogP contribution in [0.25, 0.3) is 0 Å². The Morgan fingerprint density at radius 2 is 2.29 bits per heavy atom. The van der Waals surface area contributed by atoms with Crippen LogP contribution >= 0.6 is 11.8 Å². The van der Waals surface area contributed by atoms with E-state index in [1.807, 2.05) is 23.9 Å². The molecule has 1 aliphatic heterocycles. The zero-order valence-electron chi connectivity index (χ0n) is 9.69. The highest BCUT2D eigenvalue weighted by atomic mass is 32.2. The number of hydrogen-bond acceptors (Lipinski definition) is 4. The van der Waals surface area contributed by atoms with E-state index in [0.717, 1.165) is 37.4 Å². The van der Waals surface area contributed by atoms with Gasteiger partial charge >= 0.3 is 0 Å². The van der Waals surface area contributed by atoms with Gasteiger partial charge in [-0.15, -0.1) is 0 Å². The smallest absolute Gasteiger partial charge is 0.142 e. The highest BCUT2D eigenvalue weighted by Gasteiger charge is 2.15. The third-order valence-corrected chi connectivity index (χ3v) is 4.21. The average Bonchev–Trinajstić information content (AvgIpc) is 2.38. The average molecular weight is 251 g/mol. The van der Waals surface area contributed by atoms with Crippen LogP contribution in [0.15, 0.2) is 18.3 Å². The Bertz CT molecular complexity index is 391. The highest BCUT2D eigenvalue weighted by molar-refractivity contribution is 7.99. The molecule has 92 valence electrons. The number of thioether (sulfide) groups is 1. The van der Waals surface area contributed by atoms with E-state index in [-0.39, 0.29) is 5.84 Å². The second-order valence-electron chi connectivity index (χ2n) is 4.05. The normalized spacial score (nSPS) is 16.9. The molecule has 0 saturated carbocycles. The van der Waals surface area contributed by atoms with Gasteiger partial charge in [-0.25, -0.2) is 0 Å². The lowest BCUT2D eigenvalue weighted by molar-refractivity contribution is 0.1000. The molecule has 0 atom stereocenters. The van der Waals surface area contributed by atoms with E-state index in [1.165, 1.54) is 0 Å². The molecule has 1 fully saturated rings. The predicted octanol–water partition coefficient (Wildman–Crippen LogP) is 1.78.